The highest BCUT2D eigenvalue weighted by atomic mass is 35.5. The van der Waals surface area contributed by atoms with Crippen LogP contribution in [0.3, 0.4) is 0 Å². The number of benzene rings is 2. The second-order valence-electron chi connectivity index (χ2n) is 5.94. The molecule has 0 aliphatic carbocycles. The average Bonchev–Trinajstić information content (AvgIpc) is 3.08. The SMILES string of the molecule is O=C(Nc1ccc(F)c(C(F)(F)F)c1)c1cnn(-c2cccc(Cl)c2)c1C(F)(F)F. The quantitative estimate of drug-likeness (QED) is 0.500. The van der Waals surface area contributed by atoms with Gasteiger partial charge < -0.3 is 5.32 Å². The smallest absolute Gasteiger partial charge is 0.322 e. The predicted molar refractivity (Wildman–Crippen MR) is 92.9 cm³/mol. The molecule has 4 nitrogen and oxygen atoms in total. The summed E-state index contributed by atoms with van der Waals surface area (Å²) < 4.78 is 93.1. The standard InChI is InChI=1S/C18H9ClF7N3O/c19-9-2-1-3-11(6-9)29-15(18(24,25)26)12(8-27-29)16(30)28-10-4-5-14(20)13(7-10)17(21,22)23/h1-8H,(H,28,30). The fourth-order valence-corrected chi connectivity index (χ4v) is 2.79. The van der Waals surface area contributed by atoms with Gasteiger partial charge >= 0.3 is 12.4 Å². The van der Waals surface area contributed by atoms with Crippen LogP contribution in [-0.2, 0) is 12.4 Å². The summed E-state index contributed by atoms with van der Waals surface area (Å²) >= 11 is 5.78. The van der Waals surface area contributed by atoms with Crippen molar-refractivity contribution in [2.45, 2.75) is 12.4 Å². The van der Waals surface area contributed by atoms with E-state index in [0.29, 0.717) is 16.9 Å². The molecule has 1 N–H and O–H groups in total. The van der Waals surface area contributed by atoms with Gasteiger partial charge in [0.2, 0.25) is 0 Å². The van der Waals surface area contributed by atoms with Gasteiger partial charge in [-0.1, -0.05) is 17.7 Å². The van der Waals surface area contributed by atoms with Crippen LogP contribution in [-0.4, -0.2) is 15.7 Å². The molecule has 1 amide bonds. The Labute approximate surface area is 168 Å². The molecule has 0 fully saturated rings. The van der Waals surface area contributed by atoms with Crippen molar-refractivity contribution in [2.24, 2.45) is 0 Å². The number of hydrogen-bond acceptors (Lipinski definition) is 2. The largest absolute Gasteiger partial charge is 0.434 e. The van der Waals surface area contributed by atoms with Crippen molar-refractivity contribution in [2.75, 3.05) is 5.32 Å². The molecule has 0 aliphatic rings. The molecule has 1 heterocycles. The number of aromatic nitrogens is 2. The van der Waals surface area contributed by atoms with Gasteiger partial charge in [0.05, 0.1) is 23.0 Å². The van der Waals surface area contributed by atoms with Crippen molar-refractivity contribution in [3.05, 3.63) is 76.3 Å². The summed E-state index contributed by atoms with van der Waals surface area (Å²) in [6, 6.07) is 6.75. The normalized spacial score (nSPS) is 12.1. The van der Waals surface area contributed by atoms with Crippen LogP contribution in [0.5, 0.6) is 0 Å². The number of nitrogens with zero attached hydrogens (tertiary/aromatic N) is 2. The predicted octanol–water partition coefficient (Wildman–Crippen LogP) is 5.95. The first kappa shape index (κ1) is 21.6. The van der Waals surface area contributed by atoms with Crippen molar-refractivity contribution in [1.82, 2.24) is 9.78 Å². The monoisotopic (exact) mass is 451 g/mol. The fourth-order valence-electron chi connectivity index (χ4n) is 2.61. The van der Waals surface area contributed by atoms with Gasteiger partial charge in [0.25, 0.3) is 5.91 Å². The van der Waals surface area contributed by atoms with Gasteiger partial charge in [-0.25, -0.2) is 9.07 Å². The molecule has 0 aliphatic heterocycles. The lowest BCUT2D eigenvalue weighted by Crippen LogP contribution is -2.21. The molecule has 0 bridgehead atoms. The first-order valence-electron chi connectivity index (χ1n) is 7.97. The molecule has 3 aromatic rings. The van der Waals surface area contributed by atoms with Crippen LogP contribution in [0.25, 0.3) is 5.69 Å². The summed E-state index contributed by atoms with van der Waals surface area (Å²) in [4.78, 5) is 12.4. The molecule has 0 saturated carbocycles. The molecule has 3 rings (SSSR count). The molecular weight excluding hydrogens is 443 g/mol. The van der Waals surface area contributed by atoms with E-state index in [2.05, 4.69) is 5.10 Å². The van der Waals surface area contributed by atoms with E-state index in [0.717, 1.165) is 6.07 Å². The summed E-state index contributed by atoms with van der Waals surface area (Å²) in [5, 5.41) is 5.59. The third-order valence-electron chi connectivity index (χ3n) is 3.86. The van der Waals surface area contributed by atoms with E-state index in [9.17, 15) is 35.5 Å². The van der Waals surface area contributed by atoms with E-state index in [1.807, 2.05) is 5.32 Å². The molecule has 12 heteroatoms. The Bertz CT molecular complexity index is 1110. The molecular formula is C18H9ClF7N3O. The van der Waals surface area contributed by atoms with E-state index in [1.54, 1.807) is 0 Å². The van der Waals surface area contributed by atoms with Gasteiger partial charge in [-0.2, -0.15) is 31.4 Å². The molecule has 0 atom stereocenters. The van der Waals surface area contributed by atoms with Crippen LogP contribution in [0.15, 0.2) is 48.7 Å². The van der Waals surface area contributed by atoms with Crippen LogP contribution < -0.4 is 5.32 Å². The van der Waals surface area contributed by atoms with E-state index >= 15 is 0 Å². The number of carbonyl (C=O) groups excluding carboxylic acids is 1. The zero-order chi connectivity index (χ0) is 22.3. The van der Waals surface area contributed by atoms with Crippen LogP contribution in [0.1, 0.15) is 21.6 Å². The third-order valence-corrected chi connectivity index (χ3v) is 4.10. The summed E-state index contributed by atoms with van der Waals surface area (Å²) in [6.07, 6.45) is -9.47. The van der Waals surface area contributed by atoms with Crippen molar-refractivity contribution < 1.29 is 35.5 Å². The third kappa shape index (κ3) is 4.40. The molecule has 0 radical (unpaired) electrons. The lowest BCUT2D eigenvalue weighted by molar-refractivity contribution is -0.143. The summed E-state index contributed by atoms with van der Waals surface area (Å²) in [5.74, 6) is -2.97. The fraction of sp³-hybridized carbons (Fsp3) is 0.111. The van der Waals surface area contributed by atoms with Crippen LogP contribution in [0.4, 0.5) is 36.4 Å². The highest BCUT2D eigenvalue weighted by Gasteiger charge is 2.41. The number of hydrogen-bond donors (Lipinski definition) is 1. The Hall–Kier alpha value is -3.08. The Balaban J connectivity index is 2.02. The number of alkyl halides is 6. The summed E-state index contributed by atoms with van der Waals surface area (Å²) in [7, 11) is 0. The first-order valence-corrected chi connectivity index (χ1v) is 8.35. The van der Waals surface area contributed by atoms with E-state index < -0.39 is 46.6 Å². The molecule has 0 unspecified atom stereocenters. The van der Waals surface area contributed by atoms with E-state index in [1.165, 1.54) is 24.3 Å². The minimum absolute atomic E-state index is 0.0879. The topological polar surface area (TPSA) is 46.9 Å². The maximum atomic E-state index is 13.6. The maximum Gasteiger partial charge on any atom is 0.434 e. The molecule has 2 aromatic carbocycles. The van der Waals surface area contributed by atoms with Gasteiger partial charge in [-0.3, -0.25) is 4.79 Å². The van der Waals surface area contributed by atoms with Gasteiger partial charge in [0.15, 0.2) is 5.69 Å². The van der Waals surface area contributed by atoms with Gasteiger partial charge in [-0.05, 0) is 36.4 Å². The van der Waals surface area contributed by atoms with Crippen molar-refractivity contribution in [3.8, 4) is 5.69 Å². The number of nitrogens with one attached hydrogen (secondary N) is 1. The average molecular weight is 452 g/mol. The van der Waals surface area contributed by atoms with Crippen molar-refractivity contribution >= 4 is 23.2 Å². The summed E-state index contributed by atoms with van der Waals surface area (Å²) in [6.45, 7) is 0. The summed E-state index contributed by atoms with van der Waals surface area (Å²) in [5.41, 5.74) is -4.71. The van der Waals surface area contributed by atoms with Crippen LogP contribution in [0, 0.1) is 5.82 Å². The zero-order valence-corrected chi connectivity index (χ0v) is 15.2. The van der Waals surface area contributed by atoms with E-state index in [4.69, 9.17) is 11.6 Å². The second kappa shape index (κ2) is 7.63. The molecule has 0 saturated heterocycles. The molecule has 30 heavy (non-hydrogen) atoms. The Kier molecular flexibility index (Phi) is 5.50. The highest BCUT2D eigenvalue weighted by Crippen LogP contribution is 2.35. The Morgan fingerprint density at radius 2 is 1.70 bits per heavy atom. The number of amides is 1. The minimum atomic E-state index is -5.06. The van der Waals surface area contributed by atoms with Gasteiger partial charge in [0.1, 0.15) is 5.82 Å². The number of anilines is 1. The number of halogens is 8. The van der Waals surface area contributed by atoms with Gasteiger partial charge in [-0.15, -0.1) is 0 Å². The van der Waals surface area contributed by atoms with Crippen molar-refractivity contribution in [1.29, 1.82) is 0 Å². The highest BCUT2D eigenvalue weighted by molar-refractivity contribution is 6.30. The lowest BCUT2D eigenvalue weighted by atomic mass is 10.1. The van der Waals surface area contributed by atoms with E-state index in [-0.39, 0.29) is 16.8 Å². The van der Waals surface area contributed by atoms with Crippen LogP contribution >= 0.6 is 11.6 Å². The maximum absolute atomic E-state index is 13.6. The first-order chi connectivity index (χ1) is 13.9. The molecule has 1 aromatic heterocycles. The second-order valence-corrected chi connectivity index (χ2v) is 6.38. The molecule has 0 spiro atoms. The number of rotatable bonds is 3. The minimum Gasteiger partial charge on any atom is -0.322 e. The number of carbonyl (C=O) groups is 1. The Morgan fingerprint density at radius 1 is 1.00 bits per heavy atom. The zero-order valence-electron chi connectivity index (χ0n) is 14.4. The van der Waals surface area contributed by atoms with Crippen molar-refractivity contribution in [3.63, 3.8) is 0 Å². The lowest BCUT2D eigenvalue weighted by Gasteiger charge is -2.14. The molecule has 158 valence electrons. The van der Waals surface area contributed by atoms with Crippen LogP contribution in [0.2, 0.25) is 5.02 Å². The Morgan fingerprint density at radius 3 is 2.30 bits per heavy atom. The van der Waals surface area contributed by atoms with Gasteiger partial charge in [0, 0.05) is 10.7 Å².